The fourth-order valence-corrected chi connectivity index (χ4v) is 6.05. The van der Waals surface area contributed by atoms with E-state index in [4.69, 9.17) is 9.40 Å². The monoisotopic (exact) mass is 748 g/mol. The number of furan rings is 1. The SMILES string of the molecule is CCn1c(-c2[c-]ccc3c2oc2cc(F)ccc23)nc2ccccc21.C[Si](C)(C)c1ccc(-c2[c-]cccc2)nc1.[Ir]. The van der Waals surface area contributed by atoms with Gasteiger partial charge in [-0.25, -0.2) is 4.39 Å². The van der Waals surface area contributed by atoms with Gasteiger partial charge in [0.2, 0.25) is 0 Å². The fraction of sp³-hybridized carbons (Fsp3) is 0.143. The minimum Gasteiger partial charge on any atom is -0.500 e. The Bertz CT molecular complexity index is 1980. The summed E-state index contributed by atoms with van der Waals surface area (Å²) in [6.07, 6.45) is 2.02. The molecule has 7 heteroatoms. The summed E-state index contributed by atoms with van der Waals surface area (Å²) in [5, 5.41) is 3.23. The third kappa shape index (κ3) is 5.73. The molecule has 0 unspecified atom stereocenters. The minimum absolute atomic E-state index is 0. The molecule has 0 aliphatic carbocycles. The molecule has 3 heterocycles. The van der Waals surface area contributed by atoms with Crippen molar-refractivity contribution in [3.63, 3.8) is 0 Å². The van der Waals surface area contributed by atoms with Gasteiger partial charge in [0.15, 0.2) is 0 Å². The molecule has 4 aromatic carbocycles. The second kappa shape index (κ2) is 12.1. The fourth-order valence-electron chi connectivity index (χ4n) is 5.02. The summed E-state index contributed by atoms with van der Waals surface area (Å²) in [7, 11) is -1.23. The molecule has 3 aromatic heterocycles. The molecule has 7 aromatic rings. The van der Waals surface area contributed by atoms with Crippen LogP contribution in [-0.2, 0) is 26.7 Å². The Morgan fingerprint density at radius 3 is 2.40 bits per heavy atom. The molecule has 0 aliphatic heterocycles. The topological polar surface area (TPSA) is 43.9 Å². The van der Waals surface area contributed by atoms with Gasteiger partial charge in [-0.15, -0.1) is 54.1 Å². The van der Waals surface area contributed by atoms with Crippen LogP contribution in [-0.4, -0.2) is 22.6 Å². The molecule has 0 fully saturated rings. The number of rotatable bonds is 4. The first-order chi connectivity index (χ1) is 19.8. The van der Waals surface area contributed by atoms with E-state index in [-0.39, 0.29) is 25.9 Å². The molecule has 0 saturated carbocycles. The van der Waals surface area contributed by atoms with Gasteiger partial charge in [0, 0.05) is 44.3 Å². The second-order valence-electron chi connectivity index (χ2n) is 11.0. The quantitative estimate of drug-likeness (QED) is 0.134. The van der Waals surface area contributed by atoms with Gasteiger partial charge in [-0.3, -0.25) is 4.98 Å². The summed E-state index contributed by atoms with van der Waals surface area (Å²) >= 11 is 0. The van der Waals surface area contributed by atoms with Gasteiger partial charge in [-0.2, -0.15) is 0 Å². The summed E-state index contributed by atoms with van der Waals surface area (Å²) in [4.78, 5) is 9.31. The zero-order valence-corrected chi connectivity index (χ0v) is 27.3. The average Bonchev–Trinajstić information content (AvgIpc) is 3.55. The van der Waals surface area contributed by atoms with Crippen LogP contribution in [0.5, 0.6) is 0 Å². The largest absolute Gasteiger partial charge is 0.500 e. The van der Waals surface area contributed by atoms with Crippen LogP contribution < -0.4 is 5.19 Å². The normalized spacial score (nSPS) is 11.4. The van der Waals surface area contributed by atoms with E-state index in [1.54, 1.807) is 6.07 Å². The van der Waals surface area contributed by atoms with Crippen LogP contribution in [0.15, 0.2) is 102 Å². The Labute approximate surface area is 259 Å². The van der Waals surface area contributed by atoms with E-state index in [0.717, 1.165) is 51.0 Å². The molecule has 42 heavy (non-hydrogen) atoms. The summed E-state index contributed by atoms with van der Waals surface area (Å²) in [5.41, 5.74) is 6.10. The number of aryl methyl sites for hydroxylation is 1. The number of hydrogen-bond acceptors (Lipinski definition) is 3. The molecule has 0 spiro atoms. The standard InChI is InChI=1S/C21H14FN2O.C14H16NSi.Ir/c1-2-24-18-9-4-3-8-17(18)23-21(24)16-7-5-6-15-14-11-10-13(22)12-19(14)25-20(15)16;1-16(2,3)13-9-10-14(15-11-13)12-7-5-4-6-8-12;/h3-6,8-12H,2H2,1H3;4-7,9-11H,1-3H3;/q2*-1;. The second-order valence-corrected chi connectivity index (χ2v) is 16.0. The Kier molecular flexibility index (Phi) is 8.55. The van der Waals surface area contributed by atoms with Crippen molar-refractivity contribution in [3.05, 3.63) is 115 Å². The number of imidazole rings is 1. The predicted octanol–water partition coefficient (Wildman–Crippen LogP) is 8.65. The first-order valence-corrected chi connectivity index (χ1v) is 17.2. The Hall–Kier alpha value is -3.90. The minimum atomic E-state index is -1.23. The maximum absolute atomic E-state index is 13.6. The number of pyridine rings is 1. The summed E-state index contributed by atoms with van der Waals surface area (Å²) in [6, 6.07) is 35.2. The number of para-hydroxylation sites is 2. The number of nitrogens with zero attached hydrogens (tertiary/aromatic N) is 3. The van der Waals surface area contributed by atoms with Crippen molar-refractivity contribution >= 4 is 46.2 Å². The maximum atomic E-state index is 13.6. The first-order valence-electron chi connectivity index (χ1n) is 13.7. The van der Waals surface area contributed by atoms with Crippen molar-refractivity contribution in [1.82, 2.24) is 14.5 Å². The Balaban J connectivity index is 0.000000181. The third-order valence-corrected chi connectivity index (χ3v) is 9.23. The van der Waals surface area contributed by atoms with E-state index >= 15 is 0 Å². The molecular formula is C35H30FIrN3OSi-2. The van der Waals surface area contributed by atoms with Crippen LogP contribution in [0.1, 0.15) is 6.92 Å². The average molecular weight is 748 g/mol. The molecule has 0 amide bonds. The summed E-state index contributed by atoms with van der Waals surface area (Å²) in [6.45, 7) is 9.87. The van der Waals surface area contributed by atoms with Crippen molar-refractivity contribution in [1.29, 1.82) is 0 Å². The molecule has 0 N–H and O–H groups in total. The third-order valence-electron chi connectivity index (χ3n) is 7.20. The number of benzene rings is 4. The molecule has 7 rings (SSSR count). The maximum Gasteiger partial charge on any atom is 0.126 e. The van der Waals surface area contributed by atoms with E-state index in [2.05, 4.69) is 66.4 Å². The van der Waals surface area contributed by atoms with Gasteiger partial charge in [0.1, 0.15) is 11.4 Å². The van der Waals surface area contributed by atoms with Gasteiger partial charge in [0.25, 0.3) is 0 Å². The molecule has 0 atom stereocenters. The molecule has 0 bridgehead atoms. The van der Waals surface area contributed by atoms with Crippen molar-refractivity contribution in [3.8, 4) is 22.6 Å². The molecule has 1 radical (unpaired) electrons. The Morgan fingerprint density at radius 1 is 0.881 bits per heavy atom. The number of halogens is 1. The molecule has 0 aliphatic rings. The molecule has 0 saturated heterocycles. The molecular weight excluding hydrogens is 718 g/mol. The van der Waals surface area contributed by atoms with E-state index in [1.807, 2.05) is 60.8 Å². The molecule has 213 valence electrons. The van der Waals surface area contributed by atoms with Gasteiger partial charge in [0.05, 0.1) is 30.5 Å². The van der Waals surface area contributed by atoms with E-state index in [0.29, 0.717) is 11.2 Å². The first kappa shape index (κ1) is 29.6. The van der Waals surface area contributed by atoms with Gasteiger partial charge < -0.3 is 14.0 Å². The van der Waals surface area contributed by atoms with Crippen LogP contribution in [0.4, 0.5) is 4.39 Å². The van der Waals surface area contributed by atoms with Gasteiger partial charge in [-0.05, 0) is 42.1 Å². The number of aromatic nitrogens is 3. The van der Waals surface area contributed by atoms with E-state index in [9.17, 15) is 4.39 Å². The predicted molar refractivity (Wildman–Crippen MR) is 168 cm³/mol. The van der Waals surface area contributed by atoms with Crippen molar-refractivity contribution < 1.29 is 28.9 Å². The Morgan fingerprint density at radius 2 is 1.69 bits per heavy atom. The molecule has 4 nitrogen and oxygen atoms in total. The van der Waals surface area contributed by atoms with Crippen LogP contribution in [0, 0.1) is 17.9 Å². The van der Waals surface area contributed by atoms with Crippen molar-refractivity contribution in [2.24, 2.45) is 0 Å². The van der Waals surface area contributed by atoms with Gasteiger partial charge in [-0.1, -0.05) is 54.9 Å². The van der Waals surface area contributed by atoms with Crippen LogP contribution >= 0.6 is 0 Å². The van der Waals surface area contributed by atoms with Crippen LogP contribution in [0.3, 0.4) is 0 Å². The van der Waals surface area contributed by atoms with E-state index < -0.39 is 8.07 Å². The zero-order chi connectivity index (χ0) is 28.6. The number of hydrogen-bond donors (Lipinski definition) is 0. The van der Waals surface area contributed by atoms with E-state index in [1.165, 1.54) is 17.3 Å². The number of fused-ring (bicyclic) bond motifs is 4. The zero-order valence-electron chi connectivity index (χ0n) is 23.9. The summed E-state index contributed by atoms with van der Waals surface area (Å²) < 4.78 is 21.7. The van der Waals surface area contributed by atoms with Crippen LogP contribution in [0.2, 0.25) is 19.6 Å². The summed E-state index contributed by atoms with van der Waals surface area (Å²) in [5.74, 6) is 0.506. The smallest absolute Gasteiger partial charge is 0.126 e. The van der Waals surface area contributed by atoms with Crippen LogP contribution in [0.25, 0.3) is 55.6 Å². The van der Waals surface area contributed by atoms with Gasteiger partial charge >= 0.3 is 0 Å². The van der Waals surface area contributed by atoms with Crippen molar-refractivity contribution in [2.75, 3.05) is 0 Å². The van der Waals surface area contributed by atoms with Crippen molar-refractivity contribution in [2.45, 2.75) is 33.1 Å².